The second-order valence-electron chi connectivity index (χ2n) is 9.46. The van der Waals surface area contributed by atoms with Crippen LogP contribution in [-0.4, -0.2) is 40.9 Å². The number of halogens is 2. The molecule has 6 heteroatoms. The molecule has 7 atom stereocenters. The van der Waals surface area contributed by atoms with E-state index in [1.165, 1.54) is 6.08 Å². The Balaban J connectivity index is 1.75. The summed E-state index contributed by atoms with van der Waals surface area (Å²) >= 11 is 0. The molecule has 0 radical (unpaired) electrons. The standard InChI is InChI=1S/C21H26F2O4/c1-19-8-14(23)15(24)7-11(19)3-4-12-13-5-6-21(27,17(26)10-22)20(13,2)9-16(25)18(12)19/h7,12-14,18,27H,3-6,8-10H2,1-2H3/t12-,13-,14?,18+,19-,20-,21-/m0/s1. The van der Waals surface area contributed by atoms with Gasteiger partial charge in [0, 0.05) is 23.2 Å². The van der Waals surface area contributed by atoms with Gasteiger partial charge in [0.15, 0.2) is 24.4 Å². The quantitative estimate of drug-likeness (QED) is 0.800. The van der Waals surface area contributed by atoms with Crippen molar-refractivity contribution in [1.82, 2.24) is 0 Å². The Hall–Kier alpha value is -1.43. The monoisotopic (exact) mass is 380 g/mol. The average molecular weight is 380 g/mol. The number of carbonyl (C=O) groups excluding carboxylic acids is 3. The number of hydrogen-bond donors (Lipinski definition) is 1. The van der Waals surface area contributed by atoms with Crippen molar-refractivity contribution in [2.45, 2.75) is 64.1 Å². The number of rotatable bonds is 2. The molecule has 1 unspecified atom stereocenters. The Morgan fingerprint density at radius 3 is 2.67 bits per heavy atom. The molecule has 1 N–H and O–H groups in total. The Morgan fingerprint density at radius 2 is 2.00 bits per heavy atom. The second-order valence-corrected chi connectivity index (χ2v) is 9.46. The lowest BCUT2D eigenvalue weighted by Crippen LogP contribution is -2.61. The zero-order valence-corrected chi connectivity index (χ0v) is 15.8. The molecule has 0 aromatic rings. The van der Waals surface area contributed by atoms with E-state index in [2.05, 4.69) is 0 Å². The number of aliphatic hydroxyl groups is 1. The van der Waals surface area contributed by atoms with Gasteiger partial charge in [-0.05, 0) is 50.0 Å². The van der Waals surface area contributed by atoms with E-state index in [9.17, 15) is 28.3 Å². The second kappa shape index (κ2) is 5.79. The van der Waals surface area contributed by atoms with Crippen LogP contribution in [-0.2, 0) is 14.4 Å². The van der Waals surface area contributed by atoms with Gasteiger partial charge in [0.1, 0.15) is 11.4 Å². The van der Waals surface area contributed by atoms with E-state index in [-0.39, 0.29) is 36.9 Å². The lowest BCUT2D eigenvalue weighted by atomic mass is 9.45. The lowest BCUT2D eigenvalue weighted by molar-refractivity contribution is -0.169. The summed E-state index contributed by atoms with van der Waals surface area (Å²) in [5.41, 5.74) is -2.63. The Bertz CT molecular complexity index is 761. The topological polar surface area (TPSA) is 71.4 Å². The summed E-state index contributed by atoms with van der Waals surface area (Å²) in [5.74, 6) is -2.04. The highest BCUT2D eigenvalue weighted by Gasteiger charge is 2.68. The summed E-state index contributed by atoms with van der Waals surface area (Å²) < 4.78 is 27.4. The summed E-state index contributed by atoms with van der Waals surface area (Å²) in [7, 11) is 0. The molecule has 0 aromatic heterocycles. The van der Waals surface area contributed by atoms with Crippen molar-refractivity contribution in [3.8, 4) is 0 Å². The first kappa shape index (κ1) is 18.9. The zero-order chi connectivity index (χ0) is 19.8. The van der Waals surface area contributed by atoms with Crippen LogP contribution in [0.4, 0.5) is 8.78 Å². The summed E-state index contributed by atoms with van der Waals surface area (Å²) in [6, 6.07) is 0. The minimum absolute atomic E-state index is 0.00512. The zero-order valence-electron chi connectivity index (χ0n) is 15.8. The first-order valence-electron chi connectivity index (χ1n) is 9.82. The van der Waals surface area contributed by atoms with Gasteiger partial charge in [0.25, 0.3) is 0 Å². The minimum atomic E-state index is -1.81. The molecule has 3 saturated carbocycles. The smallest absolute Gasteiger partial charge is 0.195 e. The maximum absolute atomic E-state index is 14.3. The number of allylic oxidation sites excluding steroid dienone is 1. The molecule has 0 amide bonds. The normalized spacial score (nSPS) is 49.1. The minimum Gasteiger partial charge on any atom is -0.381 e. The van der Waals surface area contributed by atoms with Crippen molar-refractivity contribution in [2.24, 2.45) is 28.6 Å². The Morgan fingerprint density at radius 1 is 1.30 bits per heavy atom. The van der Waals surface area contributed by atoms with Gasteiger partial charge in [-0.2, -0.15) is 0 Å². The van der Waals surface area contributed by atoms with Gasteiger partial charge in [0.05, 0.1) is 0 Å². The van der Waals surface area contributed by atoms with E-state index < -0.39 is 46.8 Å². The van der Waals surface area contributed by atoms with Crippen LogP contribution < -0.4 is 0 Å². The highest BCUT2D eigenvalue weighted by atomic mass is 19.1. The molecule has 0 saturated heterocycles. The van der Waals surface area contributed by atoms with Crippen LogP contribution in [0.25, 0.3) is 0 Å². The molecule has 4 aliphatic rings. The third kappa shape index (κ3) is 2.25. The molecule has 0 aromatic carbocycles. The van der Waals surface area contributed by atoms with Crippen LogP contribution in [0.3, 0.4) is 0 Å². The van der Waals surface area contributed by atoms with Gasteiger partial charge >= 0.3 is 0 Å². The molecular weight excluding hydrogens is 354 g/mol. The van der Waals surface area contributed by atoms with E-state index in [4.69, 9.17) is 0 Å². The number of alkyl halides is 2. The molecular formula is C21H26F2O4. The molecule has 0 heterocycles. The van der Waals surface area contributed by atoms with Gasteiger partial charge < -0.3 is 5.11 Å². The Labute approximate surface area is 157 Å². The van der Waals surface area contributed by atoms with Gasteiger partial charge in [-0.15, -0.1) is 0 Å². The van der Waals surface area contributed by atoms with Crippen molar-refractivity contribution >= 4 is 17.3 Å². The van der Waals surface area contributed by atoms with Crippen LogP contribution in [0.15, 0.2) is 11.6 Å². The van der Waals surface area contributed by atoms with Gasteiger partial charge in [-0.25, -0.2) is 8.78 Å². The molecule has 0 bridgehead atoms. The fraction of sp³-hybridized carbons (Fsp3) is 0.762. The van der Waals surface area contributed by atoms with Crippen molar-refractivity contribution in [1.29, 1.82) is 0 Å². The van der Waals surface area contributed by atoms with Crippen molar-refractivity contribution in [2.75, 3.05) is 6.67 Å². The predicted octanol–water partition coefficient (Wildman–Crippen LogP) is 2.92. The summed E-state index contributed by atoms with van der Waals surface area (Å²) in [6.45, 7) is 2.38. The Kier molecular flexibility index (Phi) is 4.05. The highest BCUT2D eigenvalue weighted by molar-refractivity contribution is 5.97. The van der Waals surface area contributed by atoms with E-state index in [1.54, 1.807) is 6.92 Å². The molecule has 148 valence electrons. The van der Waals surface area contributed by atoms with Crippen molar-refractivity contribution in [3.63, 3.8) is 0 Å². The van der Waals surface area contributed by atoms with E-state index >= 15 is 0 Å². The number of hydrogen-bond acceptors (Lipinski definition) is 4. The fourth-order valence-electron chi connectivity index (χ4n) is 6.98. The summed E-state index contributed by atoms with van der Waals surface area (Å²) in [5, 5.41) is 11.0. The van der Waals surface area contributed by atoms with Crippen LogP contribution in [0.2, 0.25) is 0 Å². The number of Topliss-reactive ketones (excluding diaryl/α,β-unsaturated/α-hetero) is 2. The molecule has 3 fully saturated rings. The predicted molar refractivity (Wildman–Crippen MR) is 93.3 cm³/mol. The number of ketones is 3. The average Bonchev–Trinajstić information content (AvgIpc) is 2.87. The lowest BCUT2D eigenvalue weighted by Gasteiger charge is -2.57. The first-order valence-corrected chi connectivity index (χ1v) is 9.82. The summed E-state index contributed by atoms with van der Waals surface area (Å²) in [6.07, 6.45) is 1.82. The third-order valence-electron chi connectivity index (χ3n) is 8.39. The van der Waals surface area contributed by atoms with Gasteiger partial charge in [-0.1, -0.05) is 19.4 Å². The van der Waals surface area contributed by atoms with Crippen molar-refractivity contribution < 1.29 is 28.3 Å². The van der Waals surface area contributed by atoms with Gasteiger partial charge in [0.2, 0.25) is 0 Å². The first-order chi connectivity index (χ1) is 12.6. The van der Waals surface area contributed by atoms with Crippen LogP contribution in [0.1, 0.15) is 52.4 Å². The molecule has 0 aliphatic heterocycles. The largest absolute Gasteiger partial charge is 0.381 e. The van der Waals surface area contributed by atoms with Crippen molar-refractivity contribution in [3.05, 3.63) is 11.6 Å². The molecule has 27 heavy (non-hydrogen) atoms. The highest BCUT2D eigenvalue weighted by Crippen LogP contribution is 2.66. The van der Waals surface area contributed by atoms with Gasteiger partial charge in [-0.3, -0.25) is 14.4 Å². The molecule has 4 nitrogen and oxygen atoms in total. The van der Waals surface area contributed by atoms with Crippen LogP contribution in [0, 0.1) is 28.6 Å². The van der Waals surface area contributed by atoms with Crippen LogP contribution in [0.5, 0.6) is 0 Å². The summed E-state index contributed by atoms with van der Waals surface area (Å²) in [4.78, 5) is 37.3. The van der Waals surface area contributed by atoms with E-state index in [0.29, 0.717) is 19.3 Å². The number of fused-ring (bicyclic) bond motifs is 5. The maximum atomic E-state index is 14.3. The van der Waals surface area contributed by atoms with E-state index in [1.807, 2.05) is 6.92 Å². The van der Waals surface area contributed by atoms with Crippen LogP contribution >= 0.6 is 0 Å². The molecule has 4 rings (SSSR count). The fourth-order valence-corrected chi connectivity index (χ4v) is 6.98. The van der Waals surface area contributed by atoms with E-state index in [0.717, 1.165) is 5.57 Å². The molecule has 0 spiro atoms. The number of carbonyl (C=O) groups is 3. The molecule has 4 aliphatic carbocycles. The SMILES string of the molecule is C[C@]12CC(F)C(=O)C=C1CC[C@@H]1[C@@H]2C(=O)C[C@@]2(C)[C@H]1CC[C@]2(O)C(=O)CF. The third-order valence-corrected chi connectivity index (χ3v) is 8.39. The maximum Gasteiger partial charge on any atom is 0.195 e.